The van der Waals surface area contributed by atoms with Crippen molar-refractivity contribution in [1.82, 2.24) is 0 Å². The molecule has 0 saturated heterocycles. The molecule has 0 aromatic heterocycles. The van der Waals surface area contributed by atoms with Gasteiger partial charge in [0.15, 0.2) is 6.61 Å². The molecule has 0 radical (unpaired) electrons. The lowest BCUT2D eigenvalue weighted by Gasteiger charge is -2.13. The van der Waals surface area contributed by atoms with Crippen molar-refractivity contribution in [2.24, 2.45) is 0 Å². The first-order valence-electron chi connectivity index (χ1n) is 5.60. The minimum Gasteiger partial charge on any atom is -0.463 e. The van der Waals surface area contributed by atoms with Crippen molar-refractivity contribution < 1.29 is 32.2 Å². The second-order valence-corrected chi connectivity index (χ2v) is 3.55. The number of para-hydroxylation sites is 1. The van der Waals surface area contributed by atoms with E-state index in [0.717, 1.165) is 12.1 Å². The standard InChI is InChI=1S/C12H12F3NO4/c1-2-19-10(17)7-20-11(18)16-9-6-4-3-5-8(9)12(13,14)15/h3-6H,2,7H2,1H3,(H,16,18). The highest BCUT2D eigenvalue weighted by Gasteiger charge is 2.33. The summed E-state index contributed by atoms with van der Waals surface area (Å²) >= 11 is 0. The minimum absolute atomic E-state index is 0.112. The van der Waals surface area contributed by atoms with Crippen LogP contribution in [0.15, 0.2) is 24.3 Å². The molecular weight excluding hydrogens is 279 g/mol. The molecule has 0 aliphatic carbocycles. The van der Waals surface area contributed by atoms with Crippen molar-refractivity contribution in [3.05, 3.63) is 29.8 Å². The van der Waals surface area contributed by atoms with Crippen LogP contribution in [0, 0.1) is 0 Å². The molecule has 0 saturated carbocycles. The van der Waals surface area contributed by atoms with Crippen LogP contribution in [0.3, 0.4) is 0 Å². The van der Waals surface area contributed by atoms with Gasteiger partial charge in [0.05, 0.1) is 17.9 Å². The SMILES string of the molecule is CCOC(=O)COC(=O)Nc1ccccc1C(F)(F)F. The normalized spacial score (nSPS) is 10.8. The van der Waals surface area contributed by atoms with Gasteiger partial charge in [0.1, 0.15) is 0 Å². The van der Waals surface area contributed by atoms with Gasteiger partial charge in [0.25, 0.3) is 0 Å². The molecule has 1 amide bonds. The predicted molar refractivity (Wildman–Crippen MR) is 63.0 cm³/mol. The average molecular weight is 291 g/mol. The molecular formula is C12H12F3NO4. The Kier molecular flexibility index (Phi) is 5.36. The van der Waals surface area contributed by atoms with E-state index < -0.39 is 36.1 Å². The fourth-order valence-electron chi connectivity index (χ4n) is 1.31. The lowest BCUT2D eigenvalue weighted by atomic mass is 10.2. The number of esters is 1. The highest BCUT2D eigenvalue weighted by Crippen LogP contribution is 2.34. The number of benzene rings is 1. The Morgan fingerprint density at radius 1 is 1.20 bits per heavy atom. The molecule has 0 fully saturated rings. The largest absolute Gasteiger partial charge is 0.463 e. The van der Waals surface area contributed by atoms with Crippen LogP contribution in [0.4, 0.5) is 23.7 Å². The van der Waals surface area contributed by atoms with E-state index in [-0.39, 0.29) is 6.61 Å². The summed E-state index contributed by atoms with van der Waals surface area (Å²) in [6, 6.07) is 4.42. The zero-order valence-corrected chi connectivity index (χ0v) is 10.5. The first-order chi connectivity index (χ1) is 9.34. The topological polar surface area (TPSA) is 64.6 Å². The van der Waals surface area contributed by atoms with E-state index in [1.807, 2.05) is 5.32 Å². The van der Waals surface area contributed by atoms with Gasteiger partial charge in [-0.2, -0.15) is 13.2 Å². The van der Waals surface area contributed by atoms with Gasteiger partial charge in [-0.25, -0.2) is 9.59 Å². The summed E-state index contributed by atoms with van der Waals surface area (Å²) in [5.41, 5.74) is -1.46. The molecule has 0 aliphatic rings. The Hall–Kier alpha value is -2.25. The van der Waals surface area contributed by atoms with E-state index in [4.69, 9.17) is 0 Å². The Morgan fingerprint density at radius 2 is 1.85 bits per heavy atom. The van der Waals surface area contributed by atoms with Crippen LogP contribution in [0.1, 0.15) is 12.5 Å². The Morgan fingerprint density at radius 3 is 2.45 bits per heavy atom. The third kappa shape index (κ3) is 4.79. The lowest BCUT2D eigenvalue weighted by molar-refractivity contribution is -0.146. The Bertz CT molecular complexity index is 488. The summed E-state index contributed by atoms with van der Waals surface area (Å²) in [4.78, 5) is 22.2. The number of hydrogen-bond donors (Lipinski definition) is 1. The summed E-state index contributed by atoms with van der Waals surface area (Å²) < 4.78 is 46.9. The number of rotatable bonds is 4. The van der Waals surface area contributed by atoms with Crippen molar-refractivity contribution in [1.29, 1.82) is 0 Å². The zero-order valence-electron chi connectivity index (χ0n) is 10.5. The third-order valence-corrected chi connectivity index (χ3v) is 2.10. The van der Waals surface area contributed by atoms with Crippen LogP contribution >= 0.6 is 0 Å². The number of anilines is 1. The van der Waals surface area contributed by atoms with E-state index in [0.29, 0.717) is 0 Å². The van der Waals surface area contributed by atoms with Gasteiger partial charge in [0, 0.05) is 0 Å². The summed E-state index contributed by atoms with van der Waals surface area (Å²) in [7, 11) is 0. The molecule has 1 N–H and O–H groups in total. The molecule has 20 heavy (non-hydrogen) atoms. The van der Waals surface area contributed by atoms with E-state index in [1.165, 1.54) is 12.1 Å². The van der Waals surface area contributed by atoms with Crippen molar-refractivity contribution in [3.63, 3.8) is 0 Å². The molecule has 110 valence electrons. The maximum absolute atomic E-state index is 12.6. The van der Waals surface area contributed by atoms with Gasteiger partial charge >= 0.3 is 18.2 Å². The number of alkyl halides is 3. The quantitative estimate of drug-likeness (QED) is 0.866. The minimum atomic E-state index is -4.61. The number of nitrogens with one attached hydrogen (secondary N) is 1. The lowest BCUT2D eigenvalue weighted by Crippen LogP contribution is -2.21. The predicted octanol–water partition coefficient (Wildman–Crippen LogP) is 2.82. The first-order valence-corrected chi connectivity index (χ1v) is 5.60. The molecule has 0 unspecified atom stereocenters. The summed E-state index contributed by atoms with van der Waals surface area (Å²) in [6.45, 7) is 1.01. The molecule has 0 spiro atoms. The maximum Gasteiger partial charge on any atom is 0.418 e. The number of hydrogen-bond acceptors (Lipinski definition) is 4. The van der Waals surface area contributed by atoms with Gasteiger partial charge in [-0.05, 0) is 19.1 Å². The van der Waals surface area contributed by atoms with E-state index in [1.54, 1.807) is 6.92 Å². The molecule has 0 aliphatic heterocycles. The molecule has 0 bridgehead atoms. The number of ether oxygens (including phenoxy) is 2. The van der Waals surface area contributed by atoms with Crippen molar-refractivity contribution >= 4 is 17.7 Å². The highest BCUT2D eigenvalue weighted by atomic mass is 19.4. The van der Waals surface area contributed by atoms with Crippen LogP contribution < -0.4 is 5.32 Å². The van der Waals surface area contributed by atoms with E-state index in [9.17, 15) is 22.8 Å². The summed E-state index contributed by atoms with van der Waals surface area (Å²) in [5.74, 6) is -0.785. The zero-order chi connectivity index (χ0) is 15.2. The molecule has 1 aromatic rings. The summed E-state index contributed by atoms with van der Waals surface area (Å²) in [6.07, 6.45) is -5.78. The van der Waals surface area contributed by atoms with E-state index >= 15 is 0 Å². The molecule has 8 heteroatoms. The molecule has 1 aromatic carbocycles. The molecule has 0 heterocycles. The van der Waals surface area contributed by atoms with Crippen LogP contribution in [0.25, 0.3) is 0 Å². The number of carbonyl (C=O) groups is 2. The smallest absolute Gasteiger partial charge is 0.418 e. The summed E-state index contributed by atoms with van der Waals surface area (Å²) in [5, 5.41) is 1.93. The van der Waals surface area contributed by atoms with Gasteiger partial charge < -0.3 is 9.47 Å². The van der Waals surface area contributed by atoms with Crippen molar-refractivity contribution in [2.75, 3.05) is 18.5 Å². The second kappa shape index (κ2) is 6.78. The van der Waals surface area contributed by atoms with Gasteiger partial charge in [-0.15, -0.1) is 0 Å². The average Bonchev–Trinajstić information content (AvgIpc) is 2.36. The highest BCUT2D eigenvalue weighted by molar-refractivity contribution is 5.87. The van der Waals surface area contributed by atoms with Crippen LogP contribution in [0.2, 0.25) is 0 Å². The van der Waals surface area contributed by atoms with Gasteiger partial charge in [-0.3, -0.25) is 5.32 Å². The van der Waals surface area contributed by atoms with Crippen LogP contribution in [-0.4, -0.2) is 25.3 Å². The van der Waals surface area contributed by atoms with Crippen LogP contribution in [0.5, 0.6) is 0 Å². The number of halogens is 3. The van der Waals surface area contributed by atoms with Crippen molar-refractivity contribution in [2.45, 2.75) is 13.1 Å². The Balaban J connectivity index is 2.65. The molecule has 1 rings (SSSR count). The third-order valence-electron chi connectivity index (χ3n) is 2.10. The molecule has 0 atom stereocenters. The second-order valence-electron chi connectivity index (χ2n) is 3.55. The van der Waals surface area contributed by atoms with Crippen molar-refractivity contribution in [3.8, 4) is 0 Å². The van der Waals surface area contributed by atoms with E-state index in [2.05, 4.69) is 9.47 Å². The number of amides is 1. The Labute approximate surface area is 112 Å². The van der Waals surface area contributed by atoms with Crippen LogP contribution in [-0.2, 0) is 20.4 Å². The fraction of sp³-hybridized carbons (Fsp3) is 0.333. The van der Waals surface area contributed by atoms with Gasteiger partial charge in [-0.1, -0.05) is 12.1 Å². The monoisotopic (exact) mass is 291 g/mol. The number of carbonyl (C=O) groups excluding carboxylic acids is 2. The molecule has 5 nitrogen and oxygen atoms in total. The van der Waals surface area contributed by atoms with Gasteiger partial charge in [0.2, 0.25) is 0 Å². The maximum atomic E-state index is 12.6. The first kappa shape index (κ1) is 15.8. The fourth-order valence-corrected chi connectivity index (χ4v) is 1.31.